The Kier molecular flexibility index (Phi) is 6.25. The molecule has 2 aliphatic rings. The highest BCUT2D eigenvalue weighted by Crippen LogP contribution is 2.42. The van der Waals surface area contributed by atoms with Gasteiger partial charge in [0.1, 0.15) is 5.82 Å². The molecule has 8 nitrogen and oxygen atoms in total. The van der Waals surface area contributed by atoms with E-state index in [1.165, 1.54) is 35.0 Å². The molecule has 3 aromatic rings. The van der Waals surface area contributed by atoms with Crippen molar-refractivity contribution >= 4 is 5.91 Å². The minimum absolute atomic E-state index is 0.129. The van der Waals surface area contributed by atoms with Gasteiger partial charge in [-0.05, 0) is 56.9 Å². The summed E-state index contributed by atoms with van der Waals surface area (Å²) >= 11 is 0. The Labute approximate surface area is 210 Å². The minimum atomic E-state index is -4.87. The van der Waals surface area contributed by atoms with Gasteiger partial charge in [0.2, 0.25) is 11.5 Å². The smallest absolute Gasteiger partial charge is 0.424 e. The van der Waals surface area contributed by atoms with Crippen molar-refractivity contribution in [3.63, 3.8) is 0 Å². The van der Waals surface area contributed by atoms with Gasteiger partial charge in [0.25, 0.3) is 5.91 Å². The number of alkyl halides is 3. The quantitative estimate of drug-likeness (QED) is 0.510. The number of carbonyl (C=O) groups excluding carboxylic acids is 1. The molecule has 0 spiro atoms. The largest absolute Gasteiger partial charge is 0.476 e. The second-order valence-electron chi connectivity index (χ2n) is 9.86. The van der Waals surface area contributed by atoms with Gasteiger partial charge < -0.3 is 19.3 Å². The maximum Gasteiger partial charge on any atom is 0.424 e. The number of amides is 1. The third kappa shape index (κ3) is 4.58. The van der Waals surface area contributed by atoms with Gasteiger partial charge in [-0.1, -0.05) is 0 Å². The number of halogens is 4. The van der Waals surface area contributed by atoms with E-state index in [1.54, 1.807) is 22.6 Å². The number of hydrogen-bond acceptors (Lipinski definition) is 5. The molecule has 0 saturated carbocycles. The molecule has 2 aromatic heterocycles. The van der Waals surface area contributed by atoms with Crippen LogP contribution in [0.15, 0.2) is 36.5 Å². The van der Waals surface area contributed by atoms with Crippen LogP contribution in [0, 0.1) is 11.7 Å². The molecule has 1 N–H and O–H groups in total. The number of carbonyl (C=O) groups is 1. The lowest BCUT2D eigenvalue weighted by atomic mass is 9.97. The van der Waals surface area contributed by atoms with Crippen LogP contribution in [-0.2, 0) is 12.1 Å². The topological polar surface area (TPSA) is 85.4 Å². The van der Waals surface area contributed by atoms with Crippen molar-refractivity contribution in [1.29, 1.82) is 0 Å². The molecule has 0 aliphatic carbocycles. The molecule has 1 fully saturated rings. The molecule has 0 unspecified atom stereocenters. The first-order chi connectivity index (χ1) is 17.5. The van der Waals surface area contributed by atoms with Crippen molar-refractivity contribution in [2.24, 2.45) is 5.92 Å². The maximum atomic E-state index is 13.5. The number of aliphatic hydroxyl groups is 1. The van der Waals surface area contributed by atoms with Gasteiger partial charge in [-0.2, -0.15) is 13.2 Å². The maximum absolute atomic E-state index is 13.5. The van der Waals surface area contributed by atoms with E-state index < -0.39 is 23.6 Å². The van der Waals surface area contributed by atoms with Crippen LogP contribution in [0.3, 0.4) is 0 Å². The Morgan fingerprint density at radius 1 is 1.16 bits per heavy atom. The summed E-state index contributed by atoms with van der Waals surface area (Å²) in [6.45, 7) is 4.25. The summed E-state index contributed by atoms with van der Waals surface area (Å²) < 4.78 is 62.5. The first-order valence-corrected chi connectivity index (χ1v) is 12.1. The molecule has 1 amide bonds. The Bertz CT molecular complexity index is 1290. The van der Waals surface area contributed by atoms with Crippen LogP contribution >= 0.6 is 0 Å². The van der Waals surface area contributed by atoms with Gasteiger partial charge in [0, 0.05) is 24.7 Å². The summed E-state index contributed by atoms with van der Waals surface area (Å²) in [5, 5.41) is 14.7. The average Bonchev–Trinajstić information content (AvgIpc) is 3.47. The number of hydrogen-bond donors (Lipinski definition) is 1. The molecule has 12 heteroatoms. The molecule has 1 aromatic carbocycles. The predicted molar refractivity (Wildman–Crippen MR) is 124 cm³/mol. The number of likely N-dealkylation sites (tertiary alicyclic amines) is 1. The summed E-state index contributed by atoms with van der Waals surface area (Å²) in [5.41, 5.74) is -1.65. The van der Waals surface area contributed by atoms with Gasteiger partial charge in [-0.25, -0.2) is 9.37 Å². The fourth-order valence-corrected chi connectivity index (χ4v) is 4.91. The van der Waals surface area contributed by atoms with E-state index in [0.29, 0.717) is 56.0 Å². The molecule has 1 saturated heterocycles. The minimum Gasteiger partial charge on any atom is -0.476 e. The van der Waals surface area contributed by atoms with Crippen LogP contribution in [0.2, 0.25) is 0 Å². The number of fused-ring (bicyclic) bond motifs is 3. The molecule has 4 heterocycles. The van der Waals surface area contributed by atoms with E-state index in [1.807, 2.05) is 0 Å². The highest BCUT2D eigenvalue weighted by molar-refractivity contribution is 5.94. The third-order valence-electron chi connectivity index (χ3n) is 7.14. The molecular weight excluding hydrogens is 494 g/mol. The molecule has 0 radical (unpaired) electrons. The zero-order valence-corrected chi connectivity index (χ0v) is 20.4. The van der Waals surface area contributed by atoms with E-state index in [4.69, 9.17) is 4.74 Å². The first-order valence-electron chi connectivity index (χ1n) is 12.1. The Morgan fingerprint density at radius 2 is 1.84 bits per heavy atom. The molecule has 0 bridgehead atoms. The molecule has 198 valence electrons. The second kappa shape index (κ2) is 9.16. The van der Waals surface area contributed by atoms with Crippen molar-refractivity contribution in [2.75, 3.05) is 19.7 Å². The van der Waals surface area contributed by atoms with Gasteiger partial charge in [-0.3, -0.25) is 9.48 Å². The molecule has 37 heavy (non-hydrogen) atoms. The van der Waals surface area contributed by atoms with Gasteiger partial charge in [-0.15, -0.1) is 5.10 Å². The predicted octanol–water partition coefficient (Wildman–Crippen LogP) is 4.16. The number of nitrogens with zero attached hydrogens (tertiary/aromatic N) is 5. The Morgan fingerprint density at radius 3 is 2.49 bits per heavy atom. The van der Waals surface area contributed by atoms with Crippen molar-refractivity contribution in [3.05, 3.63) is 53.7 Å². The normalized spacial score (nSPS) is 19.8. The van der Waals surface area contributed by atoms with Crippen LogP contribution in [-0.4, -0.2) is 61.1 Å². The summed E-state index contributed by atoms with van der Waals surface area (Å²) in [6, 6.07) is 6.75. The van der Waals surface area contributed by atoms with Gasteiger partial charge in [0.05, 0.1) is 36.8 Å². The second-order valence-corrected chi connectivity index (χ2v) is 9.86. The zero-order valence-electron chi connectivity index (χ0n) is 20.4. The standard InChI is InChI=1S/C25H27F4N5O3/c1-15-13-33-19(20-12-30-23(34(15)20)24(2,36)25(27,28)29)11-21(31-33)37-14-16-7-9-32(10-8-16)22(35)17-3-5-18(26)6-4-17/h3-6,11-12,15-16,36H,7-10,13-14H2,1-2H3/t15-,24+/m0/s1. The first kappa shape index (κ1) is 25.2. The number of benzene rings is 1. The summed E-state index contributed by atoms with van der Waals surface area (Å²) in [6.07, 6.45) is -2.09. The molecular formula is C25H27F4N5O3. The van der Waals surface area contributed by atoms with E-state index >= 15 is 0 Å². The number of rotatable bonds is 5. The lowest BCUT2D eigenvalue weighted by Gasteiger charge is -2.31. The van der Waals surface area contributed by atoms with Crippen molar-refractivity contribution < 1.29 is 32.2 Å². The van der Waals surface area contributed by atoms with Gasteiger partial charge in [0.15, 0.2) is 5.82 Å². The van der Waals surface area contributed by atoms with E-state index in [-0.39, 0.29) is 17.6 Å². The van der Waals surface area contributed by atoms with Crippen molar-refractivity contribution in [1.82, 2.24) is 24.2 Å². The van der Waals surface area contributed by atoms with Gasteiger partial charge >= 0.3 is 6.18 Å². The van der Waals surface area contributed by atoms with Crippen LogP contribution in [0.4, 0.5) is 17.6 Å². The molecule has 5 rings (SSSR count). The van der Waals surface area contributed by atoms with Crippen LogP contribution < -0.4 is 4.74 Å². The molecule has 2 aliphatic heterocycles. The monoisotopic (exact) mass is 521 g/mol. The summed E-state index contributed by atoms with van der Waals surface area (Å²) in [7, 11) is 0. The molecule has 2 atom stereocenters. The van der Waals surface area contributed by atoms with E-state index in [2.05, 4.69) is 10.1 Å². The summed E-state index contributed by atoms with van der Waals surface area (Å²) in [4.78, 5) is 18.3. The lowest BCUT2D eigenvalue weighted by molar-refractivity contribution is -0.262. The number of imidazole rings is 1. The zero-order chi connectivity index (χ0) is 26.5. The van der Waals surface area contributed by atoms with E-state index in [9.17, 15) is 27.5 Å². The fourth-order valence-electron chi connectivity index (χ4n) is 4.91. The third-order valence-corrected chi connectivity index (χ3v) is 7.14. The average molecular weight is 522 g/mol. The summed E-state index contributed by atoms with van der Waals surface area (Å²) in [5.74, 6) is -0.421. The number of aromatic nitrogens is 4. The fraction of sp³-hybridized carbons (Fsp3) is 0.480. The number of ether oxygens (including phenoxy) is 1. The Balaban J connectivity index is 1.23. The van der Waals surface area contributed by atoms with Crippen LogP contribution in [0.1, 0.15) is 48.9 Å². The lowest BCUT2D eigenvalue weighted by Crippen LogP contribution is -2.42. The highest BCUT2D eigenvalue weighted by atomic mass is 19.4. The highest BCUT2D eigenvalue weighted by Gasteiger charge is 2.55. The number of piperidine rings is 1. The Hall–Kier alpha value is -3.41. The van der Waals surface area contributed by atoms with Crippen molar-refractivity contribution in [2.45, 2.75) is 51.1 Å². The van der Waals surface area contributed by atoms with Crippen LogP contribution in [0.5, 0.6) is 5.88 Å². The SMILES string of the molecule is C[C@H]1Cn2nc(OCC3CCN(C(=O)c4ccc(F)cc4)CC3)cc2-c2cnc([C@@](C)(O)C(F)(F)F)n21. The van der Waals surface area contributed by atoms with Crippen molar-refractivity contribution in [3.8, 4) is 17.3 Å². The van der Waals surface area contributed by atoms with Crippen LogP contribution in [0.25, 0.3) is 11.4 Å². The van der Waals surface area contributed by atoms with E-state index in [0.717, 1.165) is 12.8 Å².